The summed E-state index contributed by atoms with van der Waals surface area (Å²) in [5, 5.41) is 22.4. The number of aliphatic hydroxyl groups is 1. The molecule has 1 heterocycles. The first kappa shape index (κ1) is 24.3. The van der Waals surface area contributed by atoms with Gasteiger partial charge in [0.25, 0.3) is 17.4 Å². The molecule has 1 N–H and O–H groups in total. The van der Waals surface area contributed by atoms with E-state index in [1.165, 1.54) is 30.2 Å². The fourth-order valence-corrected chi connectivity index (χ4v) is 4.19. The Bertz CT molecular complexity index is 1410. The van der Waals surface area contributed by atoms with Crippen LogP contribution >= 0.6 is 0 Å². The number of hydrogen-bond acceptors (Lipinski definition) is 7. The van der Waals surface area contributed by atoms with E-state index < -0.39 is 34.4 Å². The maximum atomic E-state index is 13.3. The van der Waals surface area contributed by atoms with Gasteiger partial charge in [0.15, 0.2) is 0 Å². The van der Waals surface area contributed by atoms with E-state index in [1.807, 2.05) is 13.0 Å². The van der Waals surface area contributed by atoms with E-state index in [2.05, 4.69) is 4.74 Å². The molecule has 182 valence electrons. The van der Waals surface area contributed by atoms with Crippen LogP contribution in [0.3, 0.4) is 0 Å². The molecular formula is C27H22N2O7. The molecular weight excluding hydrogens is 464 g/mol. The lowest BCUT2D eigenvalue weighted by molar-refractivity contribution is -0.384. The molecule has 1 aliphatic rings. The molecule has 4 rings (SSSR count). The maximum Gasteiger partial charge on any atom is 0.309 e. The van der Waals surface area contributed by atoms with Crippen molar-refractivity contribution in [1.29, 1.82) is 0 Å². The van der Waals surface area contributed by atoms with E-state index in [0.717, 1.165) is 11.6 Å². The molecule has 1 saturated heterocycles. The lowest BCUT2D eigenvalue weighted by atomic mass is 9.94. The van der Waals surface area contributed by atoms with Gasteiger partial charge < -0.3 is 9.84 Å². The highest BCUT2D eigenvalue weighted by Crippen LogP contribution is 2.42. The maximum absolute atomic E-state index is 13.3. The lowest BCUT2D eigenvalue weighted by Crippen LogP contribution is -2.29. The number of nitro groups is 1. The number of amides is 1. The van der Waals surface area contributed by atoms with Gasteiger partial charge in [0.05, 0.1) is 30.1 Å². The Hall–Kier alpha value is -4.79. The molecule has 9 heteroatoms. The largest absolute Gasteiger partial charge is 0.507 e. The third-order valence-electron chi connectivity index (χ3n) is 5.92. The number of aliphatic hydroxyl groups excluding tert-OH is 1. The number of benzene rings is 3. The summed E-state index contributed by atoms with van der Waals surface area (Å²) in [4.78, 5) is 50.0. The third-order valence-corrected chi connectivity index (χ3v) is 5.92. The number of hydrogen-bond donors (Lipinski definition) is 1. The molecule has 1 unspecified atom stereocenters. The van der Waals surface area contributed by atoms with Crippen LogP contribution in [0.25, 0.3) is 5.76 Å². The molecule has 1 fully saturated rings. The van der Waals surface area contributed by atoms with Gasteiger partial charge in [0.2, 0.25) is 0 Å². The monoisotopic (exact) mass is 486 g/mol. The number of Topliss-reactive ketones (excluding diaryl/α,β-unsaturated/α-hetero) is 1. The average Bonchev–Trinajstić information content (AvgIpc) is 3.14. The Labute approximate surface area is 206 Å². The number of anilines is 1. The number of rotatable bonds is 6. The van der Waals surface area contributed by atoms with Gasteiger partial charge >= 0.3 is 5.97 Å². The Morgan fingerprint density at radius 2 is 1.75 bits per heavy atom. The zero-order valence-electron chi connectivity index (χ0n) is 19.5. The van der Waals surface area contributed by atoms with Crippen LogP contribution in [0.2, 0.25) is 0 Å². The van der Waals surface area contributed by atoms with E-state index in [1.54, 1.807) is 42.5 Å². The minimum atomic E-state index is -0.976. The van der Waals surface area contributed by atoms with Crippen molar-refractivity contribution >= 4 is 34.8 Å². The first-order valence-electron chi connectivity index (χ1n) is 11.0. The summed E-state index contributed by atoms with van der Waals surface area (Å²) in [5.74, 6) is -2.69. The standard InChI is InChI=1S/C27H22N2O7/c1-16-5-3-6-18(13-16)24-23(25(31)19-7-4-8-21(15-19)29(34)35)26(32)27(33)28(24)20-11-9-17(10-12-20)14-22(30)36-2/h3-13,15,24,31H,14H2,1-2H3/b25-23-. The molecule has 3 aromatic rings. The minimum Gasteiger partial charge on any atom is -0.507 e. The molecule has 3 aromatic carbocycles. The van der Waals surface area contributed by atoms with Crippen molar-refractivity contribution in [3.63, 3.8) is 0 Å². The number of ketones is 1. The Balaban J connectivity index is 1.87. The Morgan fingerprint density at radius 3 is 2.39 bits per heavy atom. The van der Waals surface area contributed by atoms with Crippen molar-refractivity contribution in [3.8, 4) is 0 Å². The summed E-state index contributed by atoms with van der Waals surface area (Å²) in [6.07, 6.45) is 0.0453. The van der Waals surface area contributed by atoms with Gasteiger partial charge in [0, 0.05) is 23.4 Å². The first-order valence-corrected chi connectivity index (χ1v) is 11.0. The number of ether oxygens (including phenoxy) is 1. The van der Waals surface area contributed by atoms with Gasteiger partial charge in [-0.15, -0.1) is 0 Å². The van der Waals surface area contributed by atoms with Crippen LogP contribution in [-0.2, 0) is 25.5 Å². The number of nitro benzene ring substituents is 1. The molecule has 9 nitrogen and oxygen atoms in total. The Kier molecular flexibility index (Phi) is 6.64. The van der Waals surface area contributed by atoms with Crippen LogP contribution in [0.4, 0.5) is 11.4 Å². The Morgan fingerprint density at radius 1 is 1.06 bits per heavy atom. The normalized spacial score (nSPS) is 16.7. The highest BCUT2D eigenvalue weighted by molar-refractivity contribution is 6.51. The summed E-state index contributed by atoms with van der Waals surface area (Å²) in [6.45, 7) is 1.86. The number of aryl methyl sites for hydroxylation is 1. The summed E-state index contributed by atoms with van der Waals surface area (Å²) >= 11 is 0. The van der Waals surface area contributed by atoms with Crippen molar-refractivity contribution < 1.29 is 29.2 Å². The van der Waals surface area contributed by atoms with E-state index >= 15 is 0 Å². The van der Waals surface area contributed by atoms with Crippen molar-refractivity contribution in [2.24, 2.45) is 0 Å². The number of esters is 1. The summed E-state index contributed by atoms with van der Waals surface area (Å²) in [6, 6.07) is 18.0. The summed E-state index contributed by atoms with van der Waals surface area (Å²) in [7, 11) is 1.29. The molecule has 1 amide bonds. The van der Waals surface area contributed by atoms with Crippen LogP contribution in [0.1, 0.15) is 28.3 Å². The van der Waals surface area contributed by atoms with Crippen molar-refractivity contribution in [1.82, 2.24) is 0 Å². The van der Waals surface area contributed by atoms with Crippen molar-refractivity contribution in [2.75, 3.05) is 12.0 Å². The fourth-order valence-electron chi connectivity index (χ4n) is 4.19. The highest BCUT2D eigenvalue weighted by Gasteiger charge is 2.47. The van der Waals surface area contributed by atoms with Crippen LogP contribution < -0.4 is 4.90 Å². The number of non-ortho nitro benzene ring substituents is 1. The summed E-state index contributed by atoms with van der Waals surface area (Å²) in [5.41, 5.74) is 2.11. The van der Waals surface area contributed by atoms with Crippen LogP contribution in [0.15, 0.2) is 78.4 Å². The van der Waals surface area contributed by atoms with Crippen molar-refractivity contribution in [2.45, 2.75) is 19.4 Å². The average molecular weight is 486 g/mol. The molecule has 0 radical (unpaired) electrons. The number of nitrogens with zero attached hydrogens (tertiary/aromatic N) is 2. The second kappa shape index (κ2) is 9.83. The van der Waals surface area contributed by atoms with Crippen LogP contribution in [0.5, 0.6) is 0 Å². The molecule has 36 heavy (non-hydrogen) atoms. The molecule has 0 bridgehead atoms. The van der Waals surface area contributed by atoms with Crippen molar-refractivity contribution in [3.05, 3.63) is 111 Å². The predicted molar refractivity (Wildman–Crippen MR) is 131 cm³/mol. The zero-order valence-corrected chi connectivity index (χ0v) is 19.5. The van der Waals surface area contributed by atoms with E-state index in [0.29, 0.717) is 16.8 Å². The third kappa shape index (κ3) is 4.58. The van der Waals surface area contributed by atoms with Crippen LogP contribution in [-0.4, -0.2) is 34.8 Å². The molecule has 0 spiro atoms. The second-order valence-corrected chi connectivity index (χ2v) is 8.31. The fraction of sp³-hybridized carbons (Fsp3) is 0.148. The highest BCUT2D eigenvalue weighted by atomic mass is 16.6. The van der Waals surface area contributed by atoms with Gasteiger partial charge in [-0.2, -0.15) is 0 Å². The second-order valence-electron chi connectivity index (χ2n) is 8.31. The molecule has 1 atom stereocenters. The van der Waals surface area contributed by atoms with E-state index in [4.69, 9.17) is 0 Å². The van der Waals surface area contributed by atoms with Gasteiger partial charge in [-0.25, -0.2) is 0 Å². The minimum absolute atomic E-state index is 0.0453. The van der Waals surface area contributed by atoms with Gasteiger partial charge in [0.1, 0.15) is 5.76 Å². The lowest BCUT2D eigenvalue weighted by Gasteiger charge is -2.26. The van der Waals surface area contributed by atoms with Crippen LogP contribution in [0, 0.1) is 17.0 Å². The topological polar surface area (TPSA) is 127 Å². The number of carbonyl (C=O) groups excluding carboxylic acids is 3. The first-order chi connectivity index (χ1) is 17.2. The molecule has 0 aliphatic carbocycles. The summed E-state index contributed by atoms with van der Waals surface area (Å²) < 4.78 is 4.68. The molecule has 0 saturated carbocycles. The predicted octanol–water partition coefficient (Wildman–Crippen LogP) is 4.25. The SMILES string of the molecule is COC(=O)Cc1ccc(N2C(=O)C(=O)/C(=C(\O)c3cccc([N+](=O)[O-])c3)C2c2cccc(C)c2)cc1. The van der Waals surface area contributed by atoms with Gasteiger partial charge in [-0.05, 0) is 30.2 Å². The number of carbonyl (C=O) groups is 3. The van der Waals surface area contributed by atoms with Gasteiger partial charge in [-0.1, -0.05) is 54.1 Å². The van der Waals surface area contributed by atoms with Gasteiger partial charge in [-0.3, -0.25) is 29.4 Å². The molecule has 1 aliphatic heterocycles. The van der Waals surface area contributed by atoms with E-state index in [9.17, 15) is 29.6 Å². The van der Waals surface area contributed by atoms with E-state index in [-0.39, 0.29) is 23.2 Å². The smallest absolute Gasteiger partial charge is 0.309 e. The number of methoxy groups -OCH3 is 1. The quantitative estimate of drug-likeness (QED) is 0.138. The molecule has 0 aromatic heterocycles. The zero-order chi connectivity index (χ0) is 26.0.